The van der Waals surface area contributed by atoms with Gasteiger partial charge in [0, 0.05) is 17.8 Å². The Morgan fingerprint density at radius 1 is 0.857 bits per heavy atom. The quantitative estimate of drug-likeness (QED) is 0.464. The van der Waals surface area contributed by atoms with Gasteiger partial charge in [0.1, 0.15) is 11.6 Å². The standard InChI is InChI=1S/C9H9N3.C8H10N4.2C2H6/c1-6-9(10)12-8-5-3-2-4-7(8)11-6;1-5-4-10-7-3-6(2)11-12(7)8(5)9;2*1-2/h2-5H,1H3,(H2,10,12);3-4H,9H2,1-2H3;2*1-2H3. The van der Waals surface area contributed by atoms with Crippen LogP contribution in [0.4, 0.5) is 11.6 Å². The van der Waals surface area contributed by atoms with E-state index >= 15 is 0 Å². The molecular formula is C21H31N7. The number of hydrogen-bond donors (Lipinski definition) is 2. The maximum atomic E-state index is 5.79. The number of fused-ring (bicyclic) bond motifs is 2. The van der Waals surface area contributed by atoms with Gasteiger partial charge in [0.25, 0.3) is 0 Å². The highest BCUT2D eigenvalue weighted by molar-refractivity contribution is 5.75. The highest BCUT2D eigenvalue weighted by atomic mass is 15.3. The van der Waals surface area contributed by atoms with Crippen LogP contribution in [0.1, 0.15) is 44.6 Å². The zero-order chi connectivity index (χ0) is 21.3. The fourth-order valence-corrected chi connectivity index (χ4v) is 2.25. The van der Waals surface area contributed by atoms with Gasteiger partial charge in [0.2, 0.25) is 0 Å². The third-order valence-electron chi connectivity index (χ3n) is 3.62. The molecule has 4 N–H and O–H groups in total. The van der Waals surface area contributed by atoms with Crippen LogP contribution in [0.3, 0.4) is 0 Å². The van der Waals surface area contributed by atoms with Crippen LogP contribution in [0.25, 0.3) is 16.7 Å². The number of aryl methyl sites for hydroxylation is 3. The molecule has 3 heterocycles. The molecular weight excluding hydrogens is 350 g/mol. The number of anilines is 2. The fourth-order valence-electron chi connectivity index (χ4n) is 2.25. The van der Waals surface area contributed by atoms with Crippen molar-refractivity contribution in [3.8, 4) is 0 Å². The van der Waals surface area contributed by atoms with E-state index in [1.807, 2.05) is 78.8 Å². The summed E-state index contributed by atoms with van der Waals surface area (Å²) in [4.78, 5) is 12.7. The Labute approximate surface area is 166 Å². The largest absolute Gasteiger partial charge is 0.383 e. The molecule has 28 heavy (non-hydrogen) atoms. The Morgan fingerprint density at radius 3 is 2.04 bits per heavy atom. The molecule has 0 amide bonds. The number of nitrogens with two attached hydrogens (primary N) is 2. The molecule has 0 atom stereocenters. The highest BCUT2D eigenvalue weighted by Crippen LogP contribution is 2.13. The molecule has 150 valence electrons. The SMILES string of the molecule is CC.CC.Cc1cc2ncc(C)c(N)n2n1.Cc1nc2ccccc2nc1N. The summed E-state index contributed by atoms with van der Waals surface area (Å²) in [6, 6.07) is 9.58. The maximum Gasteiger partial charge on any atom is 0.157 e. The molecule has 3 aromatic heterocycles. The molecule has 4 rings (SSSR count). The molecule has 0 bridgehead atoms. The van der Waals surface area contributed by atoms with Crippen LogP contribution in [-0.4, -0.2) is 24.6 Å². The first-order valence-corrected chi connectivity index (χ1v) is 9.52. The third kappa shape index (κ3) is 5.39. The second-order valence-corrected chi connectivity index (χ2v) is 5.57. The normalized spacial score (nSPS) is 9.54. The zero-order valence-corrected chi connectivity index (χ0v) is 17.9. The molecule has 0 aliphatic carbocycles. The summed E-state index contributed by atoms with van der Waals surface area (Å²) in [5.74, 6) is 1.17. The van der Waals surface area contributed by atoms with Crippen LogP contribution in [0.15, 0.2) is 36.5 Å². The van der Waals surface area contributed by atoms with Gasteiger partial charge in [0.15, 0.2) is 5.65 Å². The predicted octanol–water partition coefficient (Wildman–Crippen LogP) is 4.50. The van der Waals surface area contributed by atoms with E-state index in [1.54, 1.807) is 10.7 Å². The second-order valence-electron chi connectivity index (χ2n) is 5.57. The molecule has 0 unspecified atom stereocenters. The highest BCUT2D eigenvalue weighted by Gasteiger charge is 2.03. The molecule has 0 saturated heterocycles. The number of nitrogen functional groups attached to an aromatic ring is 2. The van der Waals surface area contributed by atoms with E-state index in [1.165, 1.54) is 0 Å². The molecule has 0 radical (unpaired) electrons. The Balaban J connectivity index is 0.000000238. The van der Waals surface area contributed by atoms with E-state index < -0.39 is 0 Å². The minimum absolute atomic E-state index is 0.508. The van der Waals surface area contributed by atoms with Crippen molar-refractivity contribution >= 4 is 28.3 Å². The van der Waals surface area contributed by atoms with E-state index in [2.05, 4.69) is 20.1 Å². The smallest absolute Gasteiger partial charge is 0.157 e. The van der Waals surface area contributed by atoms with Crippen LogP contribution >= 0.6 is 0 Å². The van der Waals surface area contributed by atoms with Crippen LogP contribution in [0.2, 0.25) is 0 Å². The van der Waals surface area contributed by atoms with Gasteiger partial charge < -0.3 is 11.5 Å². The lowest BCUT2D eigenvalue weighted by atomic mass is 10.3. The van der Waals surface area contributed by atoms with Gasteiger partial charge in [-0.25, -0.2) is 15.0 Å². The van der Waals surface area contributed by atoms with Gasteiger partial charge in [-0.1, -0.05) is 39.8 Å². The van der Waals surface area contributed by atoms with E-state index in [0.717, 1.165) is 33.6 Å². The summed E-state index contributed by atoms with van der Waals surface area (Å²) in [6.07, 6.45) is 1.76. The van der Waals surface area contributed by atoms with Gasteiger partial charge in [0.05, 0.1) is 22.4 Å². The van der Waals surface area contributed by atoms with Gasteiger partial charge in [-0.3, -0.25) is 0 Å². The summed E-state index contributed by atoms with van der Waals surface area (Å²) in [7, 11) is 0. The van der Waals surface area contributed by atoms with E-state index in [0.29, 0.717) is 11.6 Å². The first-order chi connectivity index (χ1) is 13.5. The minimum atomic E-state index is 0.508. The van der Waals surface area contributed by atoms with Crippen LogP contribution < -0.4 is 11.5 Å². The topological polar surface area (TPSA) is 108 Å². The Kier molecular flexibility index (Phi) is 8.81. The number of nitrogens with zero attached hydrogens (tertiary/aromatic N) is 5. The third-order valence-corrected chi connectivity index (χ3v) is 3.62. The summed E-state index contributed by atoms with van der Waals surface area (Å²) < 4.78 is 1.66. The Morgan fingerprint density at radius 2 is 1.43 bits per heavy atom. The molecule has 4 aromatic rings. The molecule has 7 nitrogen and oxygen atoms in total. The molecule has 0 aliphatic heterocycles. The van der Waals surface area contributed by atoms with Gasteiger partial charge in [-0.2, -0.15) is 9.61 Å². The number of benzene rings is 1. The van der Waals surface area contributed by atoms with Crippen LogP contribution in [-0.2, 0) is 0 Å². The number of rotatable bonds is 0. The lowest BCUT2D eigenvalue weighted by Gasteiger charge is -2.00. The van der Waals surface area contributed by atoms with Crippen molar-refractivity contribution in [2.45, 2.75) is 48.5 Å². The lowest BCUT2D eigenvalue weighted by molar-refractivity contribution is 0.920. The predicted molar refractivity (Wildman–Crippen MR) is 118 cm³/mol. The lowest BCUT2D eigenvalue weighted by Crippen LogP contribution is -2.02. The van der Waals surface area contributed by atoms with Crippen LogP contribution in [0.5, 0.6) is 0 Å². The van der Waals surface area contributed by atoms with Gasteiger partial charge in [-0.05, 0) is 32.9 Å². The molecule has 0 aliphatic rings. The monoisotopic (exact) mass is 381 g/mol. The van der Waals surface area contributed by atoms with E-state index in [9.17, 15) is 0 Å². The summed E-state index contributed by atoms with van der Waals surface area (Å²) >= 11 is 0. The average Bonchev–Trinajstić information content (AvgIpc) is 3.11. The Bertz CT molecular complexity index is 982. The molecule has 7 heteroatoms. The van der Waals surface area contributed by atoms with E-state index in [-0.39, 0.29) is 0 Å². The molecule has 1 aromatic carbocycles. The van der Waals surface area contributed by atoms with Crippen molar-refractivity contribution < 1.29 is 0 Å². The molecule has 0 spiro atoms. The first-order valence-electron chi connectivity index (χ1n) is 9.52. The number of hydrogen-bond acceptors (Lipinski definition) is 6. The first kappa shape index (κ1) is 22.8. The van der Waals surface area contributed by atoms with Crippen molar-refractivity contribution in [3.05, 3.63) is 53.5 Å². The van der Waals surface area contributed by atoms with E-state index in [4.69, 9.17) is 11.5 Å². The van der Waals surface area contributed by atoms with Crippen LogP contribution in [0, 0.1) is 20.8 Å². The minimum Gasteiger partial charge on any atom is -0.383 e. The van der Waals surface area contributed by atoms with Crippen molar-refractivity contribution in [2.24, 2.45) is 0 Å². The number of para-hydroxylation sites is 2. The molecule has 0 fully saturated rings. The molecule has 0 saturated carbocycles. The maximum absolute atomic E-state index is 5.79. The summed E-state index contributed by atoms with van der Waals surface area (Å²) in [5.41, 5.74) is 16.6. The zero-order valence-electron chi connectivity index (χ0n) is 17.9. The van der Waals surface area contributed by atoms with Crippen molar-refractivity contribution in [1.82, 2.24) is 24.6 Å². The van der Waals surface area contributed by atoms with Crippen molar-refractivity contribution in [3.63, 3.8) is 0 Å². The van der Waals surface area contributed by atoms with Crippen molar-refractivity contribution in [2.75, 3.05) is 11.5 Å². The van der Waals surface area contributed by atoms with Crippen molar-refractivity contribution in [1.29, 1.82) is 0 Å². The second kappa shape index (κ2) is 10.8. The van der Waals surface area contributed by atoms with Gasteiger partial charge in [-0.15, -0.1) is 0 Å². The fraction of sp³-hybridized carbons (Fsp3) is 0.333. The average molecular weight is 382 g/mol. The Hall–Kier alpha value is -3.22. The number of aromatic nitrogens is 5. The van der Waals surface area contributed by atoms with Gasteiger partial charge >= 0.3 is 0 Å². The summed E-state index contributed by atoms with van der Waals surface area (Å²) in [5, 5.41) is 4.20. The summed E-state index contributed by atoms with van der Waals surface area (Å²) in [6.45, 7) is 13.7.